The summed E-state index contributed by atoms with van der Waals surface area (Å²) in [5.41, 5.74) is 1.31. The van der Waals surface area contributed by atoms with E-state index in [0.29, 0.717) is 17.4 Å². The second kappa shape index (κ2) is 5.96. The molecule has 0 bridgehead atoms. The molecule has 0 heterocycles. The van der Waals surface area contributed by atoms with Gasteiger partial charge in [-0.1, -0.05) is 41.9 Å². The van der Waals surface area contributed by atoms with Crippen LogP contribution in [-0.4, -0.2) is 0 Å². The lowest BCUT2D eigenvalue weighted by Crippen LogP contribution is -2.22. The summed E-state index contributed by atoms with van der Waals surface area (Å²) in [6, 6.07) is 13.3. The molecule has 0 aliphatic heterocycles. The summed E-state index contributed by atoms with van der Waals surface area (Å²) in [6.07, 6.45) is -0.396. The van der Waals surface area contributed by atoms with Gasteiger partial charge in [-0.25, -0.2) is 0 Å². The smallest absolute Gasteiger partial charge is 0.166 e. The Morgan fingerprint density at radius 2 is 1.68 bits per heavy atom. The Kier molecular flexibility index (Phi) is 4.18. The minimum atomic E-state index is -4.28. The average Bonchev–Trinajstić information content (AvgIpc) is 2.43. The predicted octanol–water partition coefficient (Wildman–Crippen LogP) is 6.10. The van der Waals surface area contributed by atoms with Crippen LogP contribution in [0.3, 0.4) is 0 Å². The van der Waals surface area contributed by atoms with E-state index in [1.165, 1.54) is 17.7 Å². The molecule has 0 nitrogen and oxygen atoms in total. The molecule has 4 heteroatoms. The molecule has 0 spiro atoms. The molecule has 0 amide bonds. The van der Waals surface area contributed by atoms with Crippen LogP contribution in [-0.2, 0) is 6.18 Å². The Labute approximate surface area is 132 Å². The first kappa shape index (κ1) is 15.4. The first-order chi connectivity index (χ1) is 10.4. The number of hydrogen-bond acceptors (Lipinski definition) is 0. The maximum absolute atomic E-state index is 12.7. The van der Waals surface area contributed by atoms with Gasteiger partial charge in [-0.15, -0.1) is 0 Å². The van der Waals surface area contributed by atoms with E-state index in [1.54, 1.807) is 6.07 Å². The van der Waals surface area contributed by atoms with Crippen LogP contribution in [0.2, 0.25) is 5.02 Å². The highest BCUT2D eigenvalue weighted by atomic mass is 35.5. The zero-order valence-corrected chi connectivity index (χ0v) is 12.5. The summed E-state index contributed by atoms with van der Waals surface area (Å²) in [5, 5.41) is 0.718. The fourth-order valence-electron chi connectivity index (χ4n) is 2.90. The Morgan fingerprint density at radius 1 is 1.00 bits per heavy atom. The van der Waals surface area contributed by atoms with Crippen molar-refractivity contribution in [3.05, 3.63) is 76.7 Å². The van der Waals surface area contributed by atoms with Crippen LogP contribution in [0.4, 0.5) is 13.2 Å². The third-order valence-electron chi connectivity index (χ3n) is 4.16. The van der Waals surface area contributed by atoms with Crippen molar-refractivity contribution >= 4 is 11.6 Å². The predicted molar refractivity (Wildman–Crippen MR) is 81.8 cm³/mol. The lowest BCUT2D eigenvalue weighted by Gasteiger charge is -2.35. The normalized spacial score (nSPS) is 21.5. The number of benzene rings is 2. The maximum atomic E-state index is 12.7. The van der Waals surface area contributed by atoms with Crippen molar-refractivity contribution in [2.24, 2.45) is 5.92 Å². The van der Waals surface area contributed by atoms with Gasteiger partial charge in [0.05, 0.1) is 5.56 Å². The minimum absolute atomic E-state index is 0.337. The zero-order valence-electron chi connectivity index (χ0n) is 11.8. The van der Waals surface area contributed by atoms with Crippen molar-refractivity contribution in [3.63, 3.8) is 0 Å². The van der Waals surface area contributed by atoms with Gasteiger partial charge in [-0.3, -0.25) is 0 Å². The summed E-state index contributed by atoms with van der Waals surface area (Å²) in [5.74, 6) is 0.813. The molecular formula is C18H15ClF3. The highest BCUT2D eigenvalue weighted by Crippen LogP contribution is 2.44. The summed E-state index contributed by atoms with van der Waals surface area (Å²) < 4.78 is 38.1. The highest BCUT2D eigenvalue weighted by Gasteiger charge is 2.32. The molecule has 1 aliphatic carbocycles. The lowest BCUT2D eigenvalue weighted by atomic mass is 9.69. The van der Waals surface area contributed by atoms with E-state index in [2.05, 4.69) is 0 Å². The third-order valence-corrected chi connectivity index (χ3v) is 4.41. The quantitative estimate of drug-likeness (QED) is 0.639. The fraction of sp³-hybridized carbons (Fsp3) is 0.278. The molecule has 0 aromatic heterocycles. The minimum Gasteiger partial charge on any atom is -0.166 e. The van der Waals surface area contributed by atoms with E-state index in [4.69, 9.17) is 11.6 Å². The Bertz CT molecular complexity index is 640. The van der Waals surface area contributed by atoms with E-state index in [1.807, 2.05) is 30.7 Å². The molecule has 0 unspecified atom stereocenters. The van der Waals surface area contributed by atoms with Crippen LogP contribution in [0.1, 0.15) is 35.4 Å². The number of hydrogen-bond donors (Lipinski definition) is 0. The van der Waals surface area contributed by atoms with Crippen molar-refractivity contribution < 1.29 is 13.2 Å². The Morgan fingerprint density at radius 3 is 2.32 bits per heavy atom. The number of rotatable bonds is 3. The molecule has 0 N–H and O–H groups in total. The fourth-order valence-corrected chi connectivity index (χ4v) is 3.02. The van der Waals surface area contributed by atoms with Gasteiger partial charge in [0.2, 0.25) is 0 Å². The molecule has 2 aromatic rings. The van der Waals surface area contributed by atoms with E-state index in [9.17, 15) is 13.2 Å². The number of halogens is 4. The topological polar surface area (TPSA) is 0 Å². The van der Waals surface area contributed by atoms with Crippen LogP contribution in [0.5, 0.6) is 0 Å². The second-order valence-corrected chi connectivity index (χ2v) is 6.21. The summed E-state index contributed by atoms with van der Waals surface area (Å²) >= 11 is 5.87. The summed E-state index contributed by atoms with van der Waals surface area (Å²) in [7, 11) is 0. The first-order valence-electron chi connectivity index (χ1n) is 7.19. The molecule has 1 saturated carbocycles. The van der Waals surface area contributed by atoms with Crippen molar-refractivity contribution in [2.75, 3.05) is 0 Å². The molecule has 0 saturated heterocycles. The molecule has 1 fully saturated rings. The van der Waals surface area contributed by atoms with Crippen LogP contribution < -0.4 is 0 Å². The van der Waals surface area contributed by atoms with Crippen molar-refractivity contribution in [1.82, 2.24) is 0 Å². The molecular weight excluding hydrogens is 309 g/mol. The lowest BCUT2D eigenvalue weighted by molar-refractivity contribution is -0.137. The van der Waals surface area contributed by atoms with Gasteiger partial charge in [-0.05, 0) is 60.4 Å². The Hall–Kier alpha value is -1.48. The van der Waals surface area contributed by atoms with E-state index in [-0.39, 0.29) is 0 Å². The van der Waals surface area contributed by atoms with E-state index >= 15 is 0 Å². The number of alkyl halides is 3. The van der Waals surface area contributed by atoms with Gasteiger partial charge >= 0.3 is 6.18 Å². The highest BCUT2D eigenvalue weighted by molar-refractivity contribution is 6.30. The van der Waals surface area contributed by atoms with Crippen molar-refractivity contribution in [3.8, 4) is 0 Å². The van der Waals surface area contributed by atoms with Crippen LogP contribution in [0.25, 0.3) is 0 Å². The molecule has 2 aromatic carbocycles. The molecule has 115 valence electrons. The monoisotopic (exact) mass is 323 g/mol. The van der Waals surface area contributed by atoms with Gasteiger partial charge in [0.15, 0.2) is 0 Å². The first-order valence-corrected chi connectivity index (χ1v) is 7.57. The van der Waals surface area contributed by atoms with Gasteiger partial charge in [0.1, 0.15) is 0 Å². The van der Waals surface area contributed by atoms with Gasteiger partial charge in [0.25, 0.3) is 0 Å². The van der Waals surface area contributed by atoms with E-state index < -0.39 is 11.7 Å². The van der Waals surface area contributed by atoms with Gasteiger partial charge in [-0.2, -0.15) is 13.2 Å². The third kappa shape index (κ3) is 3.46. The molecule has 1 radical (unpaired) electrons. The van der Waals surface area contributed by atoms with Crippen molar-refractivity contribution in [1.29, 1.82) is 0 Å². The standard InChI is InChI=1S/C18H15ClF3/c19-17-6-4-14(5-7-17)15-9-13(10-15)8-12-2-1-3-16(11-12)18(20,21)22/h1-8,11,13,15H,9-10H2. The second-order valence-electron chi connectivity index (χ2n) is 5.77. The van der Waals surface area contributed by atoms with Gasteiger partial charge in [0, 0.05) is 5.02 Å². The zero-order chi connectivity index (χ0) is 15.7. The van der Waals surface area contributed by atoms with Crippen molar-refractivity contribution in [2.45, 2.75) is 24.9 Å². The largest absolute Gasteiger partial charge is 0.416 e. The Balaban J connectivity index is 1.59. The molecule has 0 atom stereocenters. The maximum Gasteiger partial charge on any atom is 0.416 e. The van der Waals surface area contributed by atoms with Gasteiger partial charge < -0.3 is 0 Å². The van der Waals surface area contributed by atoms with Crippen LogP contribution in [0, 0.1) is 12.3 Å². The summed E-state index contributed by atoms with van der Waals surface area (Å²) in [4.78, 5) is 0. The summed E-state index contributed by atoms with van der Waals surface area (Å²) in [6.45, 7) is 0. The SMILES string of the molecule is FC(F)(F)c1cccc([CH]C2CC(c3ccc(Cl)cc3)C2)c1. The average molecular weight is 324 g/mol. The van der Waals surface area contributed by atoms with Crippen LogP contribution in [0.15, 0.2) is 48.5 Å². The van der Waals surface area contributed by atoms with Crippen LogP contribution >= 0.6 is 11.6 Å². The molecule has 1 aliphatic rings. The molecule has 3 rings (SSSR count). The van der Waals surface area contributed by atoms with E-state index in [0.717, 1.165) is 23.9 Å². The molecule has 22 heavy (non-hydrogen) atoms.